The van der Waals surface area contributed by atoms with E-state index in [1.54, 1.807) is 0 Å². The summed E-state index contributed by atoms with van der Waals surface area (Å²) in [5.41, 5.74) is 0.326. The van der Waals surface area contributed by atoms with E-state index in [-0.39, 0.29) is 0 Å². The molecular formula is C15H25FN2O3S. The number of halogens is 1. The SMILES string of the molecule is CCCCCN(c1ccc(S(=O)(=O)O)cc1F)N(CC)CC. The van der Waals surface area contributed by atoms with Gasteiger partial charge in [-0.1, -0.05) is 33.6 Å². The fourth-order valence-electron chi connectivity index (χ4n) is 2.35. The molecule has 0 aliphatic heterocycles. The highest BCUT2D eigenvalue weighted by molar-refractivity contribution is 7.85. The van der Waals surface area contributed by atoms with Gasteiger partial charge in [0.15, 0.2) is 0 Å². The molecule has 0 aliphatic carbocycles. The molecule has 0 fully saturated rings. The van der Waals surface area contributed by atoms with Gasteiger partial charge in [0, 0.05) is 19.6 Å². The molecule has 0 aliphatic rings. The maximum Gasteiger partial charge on any atom is 0.294 e. The molecule has 0 radical (unpaired) electrons. The number of benzene rings is 1. The van der Waals surface area contributed by atoms with Crippen molar-refractivity contribution in [2.45, 2.75) is 44.9 Å². The molecule has 22 heavy (non-hydrogen) atoms. The van der Waals surface area contributed by atoms with Crippen molar-refractivity contribution >= 4 is 15.8 Å². The fourth-order valence-corrected chi connectivity index (χ4v) is 2.84. The molecule has 0 saturated carbocycles. The van der Waals surface area contributed by atoms with Crippen LogP contribution >= 0.6 is 0 Å². The van der Waals surface area contributed by atoms with E-state index in [1.807, 2.05) is 23.9 Å². The largest absolute Gasteiger partial charge is 0.303 e. The molecule has 5 nitrogen and oxygen atoms in total. The normalized spacial score (nSPS) is 11.9. The Morgan fingerprint density at radius 3 is 2.23 bits per heavy atom. The molecule has 1 aromatic rings. The summed E-state index contributed by atoms with van der Waals surface area (Å²) in [6.07, 6.45) is 3.03. The number of hydrogen-bond acceptors (Lipinski definition) is 4. The van der Waals surface area contributed by atoms with Crippen LogP contribution in [0.3, 0.4) is 0 Å². The van der Waals surface area contributed by atoms with Crippen LogP contribution in [0.5, 0.6) is 0 Å². The Balaban J connectivity index is 3.13. The van der Waals surface area contributed by atoms with Gasteiger partial charge in [0.1, 0.15) is 5.82 Å². The van der Waals surface area contributed by atoms with Gasteiger partial charge in [-0.05, 0) is 24.6 Å². The number of rotatable bonds is 9. The van der Waals surface area contributed by atoms with Crippen LogP contribution in [0.2, 0.25) is 0 Å². The summed E-state index contributed by atoms with van der Waals surface area (Å²) >= 11 is 0. The second kappa shape index (κ2) is 8.45. The van der Waals surface area contributed by atoms with Gasteiger partial charge < -0.3 is 5.01 Å². The van der Waals surface area contributed by atoms with Crippen molar-refractivity contribution in [1.82, 2.24) is 5.01 Å². The quantitative estimate of drug-likeness (QED) is 0.427. The maximum atomic E-state index is 14.3. The lowest BCUT2D eigenvalue weighted by molar-refractivity contribution is 0.269. The van der Waals surface area contributed by atoms with Gasteiger partial charge in [-0.3, -0.25) is 4.55 Å². The second-order valence-corrected chi connectivity index (χ2v) is 6.48. The first kappa shape index (κ1) is 18.9. The average Bonchev–Trinajstić information content (AvgIpc) is 2.46. The summed E-state index contributed by atoms with van der Waals surface area (Å²) in [6.45, 7) is 8.19. The Labute approximate surface area is 132 Å². The van der Waals surface area contributed by atoms with E-state index in [4.69, 9.17) is 4.55 Å². The Hall–Kier alpha value is -1.18. The summed E-state index contributed by atoms with van der Waals surface area (Å²) in [6, 6.07) is 3.49. The van der Waals surface area contributed by atoms with Crippen LogP contribution < -0.4 is 5.01 Å². The predicted octanol–water partition coefficient (Wildman–Crippen LogP) is 3.33. The molecule has 0 aromatic heterocycles. The van der Waals surface area contributed by atoms with Crippen molar-refractivity contribution in [3.8, 4) is 0 Å². The third-order valence-corrected chi connectivity index (χ3v) is 4.39. The third-order valence-electron chi connectivity index (χ3n) is 3.54. The number of hydrazine groups is 1. The smallest absolute Gasteiger partial charge is 0.294 e. The van der Waals surface area contributed by atoms with Gasteiger partial charge in [-0.2, -0.15) is 8.42 Å². The summed E-state index contributed by atoms with van der Waals surface area (Å²) in [4.78, 5) is -0.429. The van der Waals surface area contributed by atoms with Crippen molar-refractivity contribution in [2.24, 2.45) is 0 Å². The van der Waals surface area contributed by atoms with Crippen LogP contribution in [-0.4, -0.2) is 37.6 Å². The number of anilines is 1. The van der Waals surface area contributed by atoms with Gasteiger partial charge >= 0.3 is 0 Å². The molecular weight excluding hydrogens is 307 g/mol. The first-order chi connectivity index (χ1) is 10.3. The molecule has 0 amide bonds. The van der Waals surface area contributed by atoms with Crippen LogP contribution in [-0.2, 0) is 10.1 Å². The van der Waals surface area contributed by atoms with Gasteiger partial charge in [-0.15, -0.1) is 0 Å². The van der Waals surface area contributed by atoms with Crippen LogP contribution in [0, 0.1) is 5.82 Å². The van der Waals surface area contributed by atoms with Gasteiger partial charge in [0.25, 0.3) is 10.1 Å². The fraction of sp³-hybridized carbons (Fsp3) is 0.600. The Morgan fingerprint density at radius 2 is 1.77 bits per heavy atom. The lowest BCUT2D eigenvalue weighted by Crippen LogP contribution is -2.43. The van der Waals surface area contributed by atoms with Crippen molar-refractivity contribution in [2.75, 3.05) is 24.6 Å². The Bertz CT molecular complexity index is 574. The van der Waals surface area contributed by atoms with Crippen molar-refractivity contribution in [3.63, 3.8) is 0 Å². The van der Waals surface area contributed by atoms with E-state index in [9.17, 15) is 12.8 Å². The maximum absolute atomic E-state index is 14.3. The van der Waals surface area contributed by atoms with Gasteiger partial charge in [0.2, 0.25) is 0 Å². The molecule has 0 bridgehead atoms. The molecule has 0 spiro atoms. The van der Waals surface area contributed by atoms with Crippen LogP contribution in [0.25, 0.3) is 0 Å². The van der Waals surface area contributed by atoms with Gasteiger partial charge in [0.05, 0.1) is 10.6 Å². The molecule has 0 unspecified atom stereocenters. The molecule has 0 atom stereocenters. The number of hydrogen-bond donors (Lipinski definition) is 1. The first-order valence-corrected chi connectivity index (χ1v) is 9.08. The molecule has 1 aromatic carbocycles. The Kier molecular flexibility index (Phi) is 7.25. The second-order valence-electron chi connectivity index (χ2n) is 5.06. The molecule has 1 N–H and O–H groups in total. The highest BCUT2D eigenvalue weighted by atomic mass is 32.2. The first-order valence-electron chi connectivity index (χ1n) is 7.64. The van der Waals surface area contributed by atoms with E-state index in [2.05, 4.69) is 6.92 Å². The molecule has 7 heteroatoms. The van der Waals surface area contributed by atoms with Crippen LogP contribution in [0.15, 0.2) is 23.1 Å². The average molecular weight is 332 g/mol. The van der Waals surface area contributed by atoms with Crippen molar-refractivity contribution in [3.05, 3.63) is 24.0 Å². The van der Waals surface area contributed by atoms with E-state index in [0.717, 1.165) is 38.4 Å². The van der Waals surface area contributed by atoms with Crippen molar-refractivity contribution in [1.29, 1.82) is 0 Å². The zero-order valence-electron chi connectivity index (χ0n) is 13.4. The summed E-state index contributed by atoms with van der Waals surface area (Å²) < 4.78 is 45.5. The van der Waals surface area contributed by atoms with E-state index >= 15 is 0 Å². The van der Waals surface area contributed by atoms with E-state index < -0.39 is 20.8 Å². The highest BCUT2D eigenvalue weighted by Crippen LogP contribution is 2.24. The Morgan fingerprint density at radius 1 is 1.14 bits per heavy atom. The minimum absolute atomic E-state index is 0.326. The summed E-state index contributed by atoms with van der Waals surface area (Å²) in [5, 5.41) is 3.85. The molecule has 126 valence electrons. The number of nitrogens with zero attached hydrogens (tertiary/aromatic N) is 2. The molecule has 0 heterocycles. The zero-order chi connectivity index (χ0) is 16.8. The van der Waals surface area contributed by atoms with Crippen molar-refractivity contribution < 1.29 is 17.4 Å². The lowest BCUT2D eigenvalue weighted by atomic mass is 10.2. The van der Waals surface area contributed by atoms with Gasteiger partial charge in [-0.25, -0.2) is 9.40 Å². The summed E-state index contributed by atoms with van der Waals surface area (Å²) in [5.74, 6) is -0.654. The zero-order valence-corrected chi connectivity index (χ0v) is 14.2. The summed E-state index contributed by atoms with van der Waals surface area (Å²) in [7, 11) is -4.39. The third kappa shape index (κ3) is 4.93. The predicted molar refractivity (Wildman–Crippen MR) is 86.0 cm³/mol. The molecule has 0 saturated heterocycles. The minimum atomic E-state index is -4.39. The lowest BCUT2D eigenvalue weighted by Gasteiger charge is -2.35. The standard InChI is InChI=1S/C15H25FN2O3S/c1-4-7-8-11-18(17(5-2)6-3)15-10-9-13(12-14(15)16)22(19,20)21/h9-10,12H,4-8,11H2,1-3H3,(H,19,20,21). The van der Waals surface area contributed by atoms with E-state index in [0.29, 0.717) is 12.2 Å². The van der Waals surface area contributed by atoms with Crippen LogP contribution in [0.1, 0.15) is 40.0 Å². The van der Waals surface area contributed by atoms with E-state index in [1.165, 1.54) is 12.1 Å². The highest BCUT2D eigenvalue weighted by Gasteiger charge is 2.19. The topological polar surface area (TPSA) is 60.9 Å². The monoisotopic (exact) mass is 332 g/mol. The minimum Gasteiger partial charge on any atom is -0.303 e. The molecule has 1 rings (SSSR count). The number of unbranched alkanes of at least 4 members (excludes halogenated alkanes) is 2. The van der Waals surface area contributed by atoms with Crippen LogP contribution in [0.4, 0.5) is 10.1 Å².